The molecule has 3 nitrogen and oxygen atoms in total. The highest BCUT2D eigenvalue weighted by Crippen LogP contribution is 2.36. The molecule has 1 fully saturated rings. The van der Waals surface area contributed by atoms with E-state index in [9.17, 15) is 4.79 Å². The molecule has 0 spiro atoms. The molecule has 1 aromatic carbocycles. The average Bonchev–Trinajstić information content (AvgIpc) is 3.24. The Balaban J connectivity index is 2.20. The van der Waals surface area contributed by atoms with E-state index in [0.29, 0.717) is 6.42 Å². The maximum Gasteiger partial charge on any atom is 0.140 e. The van der Waals surface area contributed by atoms with Gasteiger partial charge in [-0.25, -0.2) is 0 Å². The number of ketones is 1. The highest BCUT2D eigenvalue weighted by molar-refractivity contribution is 5.84. The van der Waals surface area contributed by atoms with Crippen LogP contribution in [0.5, 0.6) is 0 Å². The number of nitriles is 2. The smallest absolute Gasteiger partial charge is 0.140 e. The van der Waals surface area contributed by atoms with Gasteiger partial charge in [-0.3, -0.25) is 4.79 Å². The Labute approximate surface area is 107 Å². The van der Waals surface area contributed by atoms with Gasteiger partial charge in [0.1, 0.15) is 11.7 Å². The zero-order valence-electron chi connectivity index (χ0n) is 10.0. The average molecular weight is 238 g/mol. The molecule has 0 bridgehead atoms. The summed E-state index contributed by atoms with van der Waals surface area (Å²) in [6, 6.07) is 13.4. The van der Waals surface area contributed by atoms with Crippen molar-refractivity contribution in [2.75, 3.05) is 0 Å². The highest BCUT2D eigenvalue weighted by atomic mass is 16.1. The number of benzene rings is 1. The van der Waals surface area contributed by atoms with Crippen molar-refractivity contribution >= 4 is 5.78 Å². The minimum atomic E-state index is -0.755. The highest BCUT2D eigenvalue weighted by Gasteiger charge is 2.33. The lowest BCUT2D eigenvalue weighted by atomic mass is 9.83. The first-order valence-corrected chi connectivity index (χ1v) is 6.13. The third kappa shape index (κ3) is 2.76. The minimum Gasteiger partial charge on any atom is -0.299 e. The molecule has 0 radical (unpaired) electrons. The topological polar surface area (TPSA) is 64.7 Å². The zero-order valence-corrected chi connectivity index (χ0v) is 10.0. The summed E-state index contributed by atoms with van der Waals surface area (Å²) in [5.41, 5.74) is 0.902. The molecule has 90 valence electrons. The largest absolute Gasteiger partial charge is 0.299 e. The Hall–Kier alpha value is -2.13. The molecule has 3 heteroatoms. The van der Waals surface area contributed by atoms with Gasteiger partial charge in [-0.05, 0) is 18.4 Å². The van der Waals surface area contributed by atoms with E-state index in [-0.39, 0.29) is 17.6 Å². The fourth-order valence-corrected chi connectivity index (χ4v) is 2.13. The lowest BCUT2D eigenvalue weighted by Gasteiger charge is -2.17. The van der Waals surface area contributed by atoms with Crippen LogP contribution in [0.3, 0.4) is 0 Å². The molecule has 0 aliphatic heterocycles. The van der Waals surface area contributed by atoms with Gasteiger partial charge in [0.2, 0.25) is 0 Å². The van der Waals surface area contributed by atoms with Crippen molar-refractivity contribution in [2.24, 2.45) is 11.8 Å². The van der Waals surface area contributed by atoms with Gasteiger partial charge in [0.25, 0.3) is 0 Å². The second-order valence-electron chi connectivity index (χ2n) is 4.70. The molecule has 1 aromatic rings. The quantitative estimate of drug-likeness (QED) is 0.792. The number of Topliss-reactive ketones (excluding diaryl/α,β-unsaturated/α-hetero) is 1. The van der Waals surface area contributed by atoms with E-state index < -0.39 is 5.92 Å². The number of nitrogens with zero attached hydrogens (tertiary/aromatic N) is 2. The van der Waals surface area contributed by atoms with Crippen LogP contribution in [0.1, 0.15) is 30.7 Å². The van der Waals surface area contributed by atoms with Crippen LogP contribution >= 0.6 is 0 Å². The first-order valence-electron chi connectivity index (χ1n) is 6.13. The Morgan fingerprint density at radius 2 is 1.83 bits per heavy atom. The summed E-state index contributed by atoms with van der Waals surface area (Å²) in [5.74, 6) is -0.682. The summed E-state index contributed by atoms with van der Waals surface area (Å²) in [5, 5.41) is 18.1. The lowest BCUT2D eigenvalue weighted by molar-refractivity contribution is -0.120. The van der Waals surface area contributed by atoms with Crippen LogP contribution in [0, 0.1) is 34.5 Å². The summed E-state index contributed by atoms with van der Waals surface area (Å²) in [6.07, 6.45) is 2.23. The number of carbonyl (C=O) groups is 1. The molecule has 0 aromatic heterocycles. The van der Waals surface area contributed by atoms with Crippen molar-refractivity contribution in [1.29, 1.82) is 10.5 Å². The minimum absolute atomic E-state index is 0.175. The molecule has 1 aliphatic carbocycles. The first-order chi connectivity index (χ1) is 8.76. The van der Waals surface area contributed by atoms with Gasteiger partial charge in [0.05, 0.1) is 12.1 Å². The molecule has 2 rings (SSSR count). The predicted octanol–water partition coefficient (Wildman–Crippen LogP) is 2.80. The second kappa shape index (κ2) is 5.47. The van der Waals surface area contributed by atoms with E-state index >= 15 is 0 Å². The summed E-state index contributed by atoms with van der Waals surface area (Å²) in [6.45, 7) is 0. The van der Waals surface area contributed by atoms with Crippen molar-refractivity contribution < 1.29 is 4.79 Å². The maximum absolute atomic E-state index is 11.9. The van der Waals surface area contributed by atoms with Gasteiger partial charge in [-0.1, -0.05) is 30.3 Å². The molecule has 0 saturated heterocycles. The van der Waals surface area contributed by atoms with E-state index in [1.807, 2.05) is 42.5 Å². The van der Waals surface area contributed by atoms with E-state index in [1.165, 1.54) is 0 Å². The second-order valence-corrected chi connectivity index (χ2v) is 4.70. The predicted molar refractivity (Wildman–Crippen MR) is 66.2 cm³/mol. The molecule has 1 atom stereocenters. The number of carbonyl (C=O) groups excluding carboxylic acids is 1. The monoisotopic (exact) mass is 238 g/mol. The molecule has 18 heavy (non-hydrogen) atoms. The van der Waals surface area contributed by atoms with Crippen LogP contribution in [0.4, 0.5) is 0 Å². The molecule has 1 unspecified atom stereocenters. The van der Waals surface area contributed by atoms with Gasteiger partial charge in [-0.15, -0.1) is 0 Å². The number of hydrogen-bond donors (Lipinski definition) is 0. The fourth-order valence-electron chi connectivity index (χ4n) is 2.13. The van der Waals surface area contributed by atoms with Crippen molar-refractivity contribution in [3.8, 4) is 12.1 Å². The Morgan fingerprint density at radius 3 is 2.33 bits per heavy atom. The molecule has 1 saturated carbocycles. The van der Waals surface area contributed by atoms with Crippen molar-refractivity contribution in [3.63, 3.8) is 0 Å². The molecule has 0 N–H and O–H groups in total. The number of hydrogen-bond acceptors (Lipinski definition) is 3. The Kier molecular flexibility index (Phi) is 3.75. The summed E-state index contributed by atoms with van der Waals surface area (Å²) >= 11 is 0. The molecular formula is C15H14N2O. The molecular weight excluding hydrogens is 224 g/mol. The fraction of sp³-hybridized carbons (Fsp3) is 0.400. The van der Waals surface area contributed by atoms with E-state index in [0.717, 1.165) is 18.4 Å². The first kappa shape index (κ1) is 12.3. The third-order valence-corrected chi connectivity index (χ3v) is 3.36. The summed E-state index contributed by atoms with van der Waals surface area (Å²) < 4.78 is 0. The van der Waals surface area contributed by atoms with Gasteiger partial charge in [0.15, 0.2) is 0 Å². The SMILES string of the molecule is N#CC(C#N)C(CC(=O)C1CC1)c1ccccc1. The number of rotatable bonds is 5. The van der Waals surface area contributed by atoms with Crippen LogP contribution in [0.15, 0.2) is 30.3 Å². The van der Waals surface area contributed by atoms with Crippen molar-refractivity contribution in [3.05, 3.63) is 35.9 Å². The van der Waals surface area contributed by atoms with Crippen molar-refractivity contribution in [2.45, 2.75) is 25.2 Å². The van der Waals surface area contributed by atoms with Crippen LogP contribution in [0.2, 0.25) is 0 Å². The molecule has 0 amide bonds. The van der Waals surface area contributed by atoms with Gasteiger partial charge in [-0.2, -0.15) is 10.5 Å². The standard InChI is InChI=1S/C15H14N2O/c16-9-13(10-17)14(8-15(18)12-6-7-12)11-4-2-1-3-5-11/h1-5,12-14H,6-8H2. The summed E-state index contributed by atoms with van der Waals surface area (Å²) in [7, 11) is 0. The van der Waals surface area contributed by atoms with Crippen LogP contribution < -0.4 is 0 Å². The van der Waals surface area contributed by atoms with Crippen LogP contribution in [-0.4, -0.2) is 5.78 Å². The third-order valence-electron chi connectivity index (χ3n) is 3.36. The van der Waals surface area contributed by atoms with Crippen LogP contribution in [0.25, 0.3) is 0 Å². The van der Waals surface area contributed by atoms with Crippen LogP contribution in [-0.2, 0) is 4.79 Å². The van der Waals surface area contributed by atoms with E-state index in [2.05, 4.69) is 0 Å². The van der Waals surface area contributed by atoms with E-state index in [1.54, 1.807) is 0 Å². The van der Waals surface area contributed by atoms with Gasteiger partial charge < -0.3 is 0 Å². The maximum atomic E-state index is 11.9. The van der Waals surface area contributed by atoms with Gasteiger partial charge >= 0.3 is 0 Å². The Bertz CT molecular complexity index is 492. The van der Waals surface area contributed by atoms with Gasteiger partial charge in [0, 0.05) is 18.3 Å². The molecule has 0 heterocycles. The van der Waals surface area contributed by atoms with Crippen molar-refractivity contribution in [1.82, 2.24) is 0 Å². The molecule has 1 aliphatic rings. The Morgan fingerprint density at radius 1 is 1.22 bits per heavy atom. The zero-order chi connectivity index (χ0) is 13.0. The lowest BCUT2D eigenvalue weighted by Crippen LogP contribution is -2.15. The van der Waals surface area contributed by atoms with E-state index in [4.69, 9.17) is 10.5 Å². The summed E-state index contributed by atoms with van der Waals surface area (Å²) in [4.78, 5) is 11.9. The normalized spacial score (nSPS) is 15.7.